The Morgan fingerprint density at radius 2 is 1.88 bits per heavy atom. The molecule has 0 aliphatic rings. The molecule has 0 saturated heterocycles. The number of non-ortho nitro benzene ring substituents is 1. The van der Waals surface area contributed by atoms with Gasteiger partial charge in [0.25, 0.3) is 11.6 Å². The van der Waals surface area contributed by atoms with Crippen LogP contribution in [0.2, 0.25) is 0 Å². The van der Waals surface area contributed by atoms with Gasteiger partial charge in [0.1, 0.15) is 12.4 Å². The number of methoxy groups -OCH3 is 1. The number of nitro groups is 1. The molecular weight excluding hydrogens is 328 g/mol. The number of para-hydroxylation sites is 2. The standard InChI is InChI=1S/C17H18N2O6/c1-23-15-7-2-3-8-16(15)24-10-9-18-17(20)12-25-14-6-4-5-13(11-14)19(21)22/h2-8,11H,9-10,12H2,1H3,(H,18,20). The third-order valence-corrected chi connectivity index (χ3v) is 3.15. The second-order valence-electron chi connectivity index (χ2n) is 4.89. The highest BCUT2D eigenvalue weighted by molar-refractivity contribution is 5.77. The maximum atomic E-state index is 11.7. The number of nitrogens with one attached hydrogen (secondary N) is 1. The number of carbonyl (C=O) groups is 1. The summed E-state index contributed by atoms with van der Waals surface area (Å²) >= 11 is 0. The lowest BCUT2D eigenvalue weighted by Gasteiger charge is -2.11. The van der Waals surface area contributed by atoms with E-state index < -0.39 is 4.92 Å². The van der Waals surface area contributed by atoms with Crippen molar-refractivity contribution in [1.29, 1.82) is 0 Å². The first-order valence-electron chi connectivity index (χ1n) is 7.50. The number of carbonyl (C=O) groups excluding carboxylic acids is 1. The van der Waals surface area contributed by atoms with Crippen LogP contribution in [0.5, 0.6) is 17.2 Å². The molecule has 0 bridgehead atoms. The Kier molecular flexibility index (Phi) is 6.58. The van der Waals surface area contributed by atoms with Gasteiger partial charge in [-0.1, -0.05) is 18.2 Å². The topological polar surface area (TPSA) is 99.9 Å². The summed E-state index contributed by atoms with van der Waals surface area (Å²) in [6.45, 7) is 0.313. The van der Waals surface area contributed by atoms with Crippen molar-refractivity contribution in [2.75, 3.05) is 26.9 Å². The summed E-state index contributed by atoms with van der Waals surface area (Å²) in [7, 11) is 1.55. The molecule has 0 unspecified atom stereocenters. The van der Waals surface area contributed by atoms with E-state index in [9.17, 15) is 14.9 Å². The minimum Gasteiger partial charge on any atom is -0.493 e. The van der Waals surface area contributed by atoms with Crippen molar-refractivity contribution in [2.45, 2.75) is 0 Å². The largest absolute Gasteiger partial charge is 0.493 e. The van der Waals surface area contributed by atoms with Crippen molar-refractivity contribution >= 4 is 11.6 Å². The van der Waals surface area contributed by atoms with E-state index in [2.05, 4.69) is 5.32 Å². The third kappa shape index (κ3) is 5.69. The summed E-state index contributed by atoms with van der Waals surface area (Å²) in [6, 6.07) is 12.9. The molecule has 0 aromatic heterocycles. The molecule has 0 heterocycles. The Morgan fingerprint density at radius 1 is 1.12 bits per heavy atom. The Labute approximate surface area is 144 Å². The average Bonchev–Trinajstić information content (AvgIpc) is 2.64. The lowest BCUT2D eigenvalue weighted by molar-refractivity contribution is -0.384. The summed E-state index contributed by atoms with van der Waals surface area (Å²) in [6.07, 6.45) is 0. The van der Waals surface area contributed by atoms with E-state index in [1.807, 2.05) is 12.1 Å². The monoisotopic (exact) mass is 346 g/mol. The molecule has 2 aromatic rings. The predicted molar refractivity (Wildman–Crippen MR) is 90.1 cm³/mol. The molecule has 0 spiro atoms. The Balaban J connectivity index is 1.70. The third-order valence-electron chi connectivity index (χ3n) is 3.15. The van der Waals surface area contributed by atoms with E-state index >= 15 is 0 Å². The molecule has 25 heavy (non-hydrogen) atoms. The lowest BCUT2D eigenvalue weighted by Crippen LogP contribution is -2.32. The summed E-state index contributed by atoms with van der Waals surface area (Å²) in [5.41, 5.74) is -0.0943. The molecule has 0 atom stereocenters. The van der Waals surface area contributed by atoms with Crippen molar-refractivity contribution in [1.82, 2.24) is 5.32 Å². The Bertz CT molecular complexity index is 735. The molecule has 1 amide bonds. The fourth-order valence-corrected chi connectivity index (χ4v) is 1.98. The molecule has 0 radical (unpaired) electrons. The van der Waals surface area contributed by atoms with Crippen LogP contribution in [0, 0.1) is 10.1 Å². The van der Waals surface area contributed by atoms with Gasteiger partial charge in [-0.15, -0.1) is 0 Å². The number of hydrogen-bond donors (Lipinski definition) is 1. The molecule has 0 saturated carbocycles. The molecular formula is C17H18N2O6. The summed E-state index contributed by atoms with van der Waals surface area (Å²) < 4.78 is 15.9. The van der Waals surface area contributed by atoms with Crippen molar-refractivity contribution in [3.05, 3.63) is 58.6 Å². The molecule has 0 aliphatic carbocycles. The quantitative estimate of drug-likeness (QED) is 0.424. The van der Waals surface area contributed by atoms with E-state index in [1.165, 1.54) is 18.2 Å². The number of hydrogen-bond acceptors (Lipinski definition) is 6. The Morgan fingerprint density at radius 3 is 2.60 bits per heavy atom. The first kappa shape index (κ1) is 18.1. The summed E-state index contributed by atoms with van der Waals surface area (Å²) in [5.74, 6) is 1.11. The second-order valence-corrected chi connectivity index (χ2v) is 4.89. The highest BCUT2D eigenvalue weighted by Gasteiger charge is 2.08. The van der Waals surface area contributed by atoms with Crippen LogP contribution in [-0.4, -0.2) is 37.7 Å². The normalized spacial score (nSPS) is 9.96. The van der Waals surface area contributed by atoms with Gasteiger partial charge in [0.2, 0.25) is 0 Å². The van der Waals surface area contributed by atoms with Gasteiger partial charge in [-0.2, -0.15) is 0 Å². The zero-order valence-electron chi connectivity index (χ0n) is 13.6. The van der Waals surface area contributed by atoms with Crippen LogP contribution in [0.1, 0.15) is 0 Å². The van der Waals surface area contributed by atoms with Crippen LogP contribution in [0.4, 0.5) is 5.69 Å². The van der Waals surface area contributed by atoms with Crippen LogP contribution in [0.15, 0.2) is 48.5 Å². The van der Waals surface area contributed by atoms with Crippen LogP contribution in [-0.2, 0) is 4.79 Å². The maximum absolute atomic E-state index is 11.7. The zero-order chi connectivity index (χ0) is 18.1. The van der Waals surface area contributed by atoms with Crippen molar-refractivity contribution in [3.8, 4) is 17.2 Å². The minimum absolute atomic E-state index is 0.0943. The van der Waals surface area contributed by atoms with E-state index in [4.69, 9.17) is 14.2 Å². The SMILES string of the molecule is COc1ccccc1OCCNC(=O)COc1cccc([N+](=O)[O-])c1. The minimum atomic E-state index is -0.526. The molecule has 2 aromatic carbocycles. The van der Waals surface area contributed by atoms with Crippen LogP contribution in [0.25, 0.3) is 0 Å². The summed E-state index contributed by atoms with van der Waals surface area (Å²) in [4.78, 5) is 21.9. The molecule has 132 valence electrons. The van der Waals surface area contributed by atoms with Crippen molar-refractivity contribution < 1.29 is 23.9 Å². The number of ether oxygens (including phenoxy) is 3. The first-order valence-corrected chi connectivity index (χ1v) is 7.50. The van der Waals surface area contributed by atoms with Gasteiger partial charge in [-0.3, -0.25) is 14.9 Å². The molecule has 2 rings (SSSR count). The number of amides is 1. The second kappa shape index (κ2) is 9.11. The fourth-order valence-electron chi connectivity index (χ4n) is 1.98. The van der Waals surface area contributed by atoms with Crippen LogP contribution < -0.4 is 19.5 Å². The van der Waals surface area contributed by atoms with E-state index in [-0.39, 0.29) is 37.1 Å². The smallest absolute Gasteiger partial charge is 0.273 e. The number of nitrogens with zero attached hydrogens (tertiary/aromatic N) is 1. The van der Waals surface area contributed by atoms with Crippen molar-refractivity contribution in [3.63, 3.8) is 0 Å². The molecule has 8 nitrogen and oxygen atoms in total. The van der Waals surface area contributed by atoms with Crippen molar-refractivity contribution in [2.24, 2.45) is 0 Å². The molecule has 8 heteroatoms. The summed E-state index contributed by atoms with van der Waals surface area (Å²) in [5, 5.41) is 13.3. The number of rotatable bonds is 9. The first-order chi connectivity index (χ1) is 12.1. The Hall–Kier alpha value is -3.29. The van der Waals surface area contributed by atoms with Gasteiger partial charge in [-0.05, 0) is 18.2 Å². The van der Waals surface area contributed by atoms with E-state index in [0.717, 1.165) is 0 Å². The zero-order valence-corrected chi connectivity index (χ0v) is 13.6. The predicted octanol–water partition coefficient (Wildman–Crippen LogP) is 2.18. The van der Waals surface area contributed by atoms with Gasteiger partial charge in [0, 0.05) is 6.07 Å². The van der Waals surface area contributed by atoms with Gasteiger partial charge in [0.15, 0.2) is 18.1 Å². The van der Waals surface area contributed by atoms with Crippen LogP contribution >= 0.6 is 0 Å². The van der Waals surface area contributed by atoms with Gasteiger partial charge >= 0.3 is 0 Å². The number of nitro benzene ring substituents is 1. The molecule has 1 N–H and O–H groups in total. The highest BCUT2D eigenvalue weighted by atomic mass is 16.6. The van der Waals surface area contributed by atoms with Gasteiger partial charge in [-0.25, -0.2) is 0 Å². The van der Waals surface area contributed by atoms with E-state index in [1.54, 1.807) is 25.3 Å². The molecule has 0 aliphatic heterocycles. The lowest BCUT2D eigenvalue weighted by atomic mass is 10.3. The van der Waals surface area contributed by atoms with Gasteiger partial charge < -0.3 is 19.5 Å². The maximum Gasteiger partial charge on any atom is 0.273 e. The highest BCUT2D eigenvalue weighted by Crippen LogP contribution is 2.25. The average molecular weight is 346 g/mol. The van der Waals surface area contributed by atoms with Crippen LogP contribution in [0.3, 0.4) is 0 Å². The van der Waals surface area contributed by atoms with E-state index in [0.29, 0.717) is 11.5 Å². The van der Waals surface area contributed by atoms with Gasteiger partial charge in [0.05, 0.1) is 24.6 Å². The fraction of sp³-hybridized carbons (Fsp3) is 0.235. The number of benzene rings is 2. The molecule has 0 fully saturated rings.